The molecule has 0 radical (unpaired) electrons. The zero-order chi connectivity index (χ0) is 17.0. The maximum absolute atomic E-state index is 12.5. The number of nitrogens with two attached hydrogens (primary N) is 1. The number of aliphatic imine (C=N–C) groups is 1. The third-order valence-electron chi connectivity index (χ3n) is 3.19. The number of anilines is 1. The molecule has 0 fully saturated rings. The second-order valence-electron chi connectivity index (χ2n) is 5.15. The molecule has 7 heteroatoms. The Hall–Kier alpha value is -2.05. The van der Waals surface area contributed by atoms with E-state index in [-0.39, 0.29) is 16.6 Å². The number of halogens is 1. The Bertz CT molecular complexity index is 831. The summed E-state index contributed by atoms with van der Waals surface area (Å²) >= 11 is 5.56. The highest BCUT2D eigenvalue weighted by atomic mass is 35.5. The molecule has 0 bridgehead atoms. The van der Waals surface area contributed by atoms with Crippen molar-refractivity contribution < 1.29 is 8.42 Å². The van der Waals surface area contributed by atoms with Gasteiger partial charge in [-0.05, 0) is 55.3 Å². The minimum Gasteiger partial charge on any atom is -0.386 e. The van der Waals surface area contributed by atoms with Crippen molar-refractivity contribution in [2.45, 2.75) is 18.7 Å². The van der Waals surface area contributed by atoms with Crippen molar-refractivity contribution in [3.05, 3.63) is 53.6 Å². The zero-order valence-corrected chi connectivity index (χ0v) is 14.4. The highest BCUT2D eigenvalue weighted by Gasteiger charge is 2.15. The number of rotatable bonds is 5. The van der Waals surface area contributed by atoms with Gasteiger partial charge < -0.3 is 5.73 Å². The van der Waals surface area contributed by atoms with Gasteiger partial charge in [0.25, 0.3) is 10.0 Å². The third-order valence-corrected chi connectivity index (χ3v) is 4.85. The van der Waals surface area contributed by atoms with Gasteiger partial charge in [0, 0.05) is 0 Å². The van der Waals surface area contributed by atoms with Crippen molar-refractivity contribution >= 4 is 38.8 Å². The van der Waals surface area contributed by atoms with E-state index in [0.29, 0.717) is 11.4 Å². The van der Waals surface area contributed by atoms with Gasteiger partial charge in [-0.25, -0.2) is 13.4 Å². The van der Waals surface area contributed by atoms with Crippen LogP contribution in [0.1, 0.15) is 11.1 Å². The maximum atomic E-state index is 12.5. The van der Waals surface area contributed by atoms with Crippen LogP contribution in [0.25, 0.3) is 0 Å². The zero-order valence-electron chi connectivity index (χ0n) is 12.9. The lowest BCUT2D eigenvalue weighted by molar-refractivity contribution is 0.601. The van der Waals surface area contributed by atoms with Gasteiger partial charge in [-0.3, -0.25) is 4.72 Å². The SMILES string of the molecule is Cc1ccc(C)c(NS(=O)(=O)c2ccc(N=C(N)CCl)cc2)c1. The normalized spacial score (nSPS) is 12.2. The molecule has 0 aromatic heterocycles. The van der Waals surface area contributed by atoms with Crippen molar-refractivity contribution in [3.63, 3.8) is 0 Å². The summed E-state index contributed by atoms with van der Waals surface area (Å²) in [6, 6.07) is 11.7. The van der Waals surface area contributed by atoms with Crippen LogP contribution in [0.3, 0.4) is 0 Å². The highest BCUT2D eigenvalue weighted by molar-refractivity contribution is 7.92. The van der Waals surface area contributed by atoms with Gasteiger partial charge in [0.2, 0.25) is 0 Å². The predicted octanol–water partition coefficient (Wildman–Crippen LogP) is 3.33. The molecule has 23 heavy (non-hydrogen) atoms. The number of sulfonamides is 1. The molecular formula is C16H18ClN3O2S. The molecule has 122 valence electrons. The Labute approximate surface area is 141 Å². The summed E-state index contributed by atoms with van der Waals surface area (Å²) in [6.07, 6.45) is 0. The smallest absolute Gasteiger partial charge is 0.261 e. The fraction of sp³-hybridized carbons (Fsp3) is 0.188. The van der Waals surface area contributed by atoms with Crippen molar-refractivity contribution in [3.8, 4) is 0 Å². The van der Waals surface area contributed by atoms with E-state index < -0.39 is 10.0 Å². The summed E-state index contributed by atoms with van der Waals surface area (Å²) in [5, 5.41) is 0. The van der Waals surface area contributed by atoms with E-state index in [4.69, 9.17) is 17.3 Å². The van der Waals surface area contributed by atoms with Gasteiger partial charge in [-0.1, -0.05) is 12.1 Å². The molecule has 0 amide bonds. The largest absolute Gasteiger partial charge is 0.386 e. The first-order valence-corrected chi connectivity index (χ1v) is 8.93. The lowest BCUT2D eigenvalue weighted by Crippen LogP contribution is -2.14. The first kappa shape index (κ1) is 17.3. The molecule has 0 unspecified atom stereocenters. The molecule has 0 saturated carbocycles. The molecule has 2 rings (SSSR count). The van der Waals surface area contributed by atoms with E-state index >= 15 is 0 Å². The van der Waals surface area contributed by atoms with Gasteiger partial charge in [-0.2, -0.15) is 0 Å². The first-order chi connectivity index (χ1) is 10.8. The van der Waals surface area contributed by atoms with Crippen LogP contribution in [0.4, 0.5) is 11.4 Å². The standard InChI is InChI=1S/C16H18ClN3O2S/c1-11-3-4-12(2)15(9-11)20-23(21,22)14-7-5-13(6-8-14)19-16(18)10-17/h3-9,20H,10H2,1-2H3,(H2,18,19). The van der Waals surface area contributed by atoms with Gasteiger partial charge in [-0.15, -0.1) is 11.6 Å². The quantitative estimate of drug-likeness (QED) is 0.492. The van der Waals surface area contributed by atoms with Crippen LogP contribution in [0.2, 0.25) is 0 Å². The monoisotopic (exact) mass is 351 g/mol. The number of hydrogen-bond acceptors (Lipinski definition) is 3. The molecular weight excluding hydrogens is 334 g/mol. The summed E-state index contributed by atoms with van der Waals surface area (Å²) in [6.45, 7) is 3.76. The van der Waals surface area contributed by atoms with E-state index in [1.165, 1.54) is 12.1 Å². The average molecular weight is 352 g/mol. The molecule has 0 saturated heterocycles. The van der Waals surface area contributed by atoms with E-state index in [1.54, 1.807) is 18.2 Å². The Balaban J connectivity index is 2.28. The van der Waals surface area contributed by atoms with Crippen molar-refractivity contribution in [1.82, 2.24) is 0 Å². The Morgan fingerprint density at radius 3 is 2.43 bits per heavy atom. The van der Waals surface area contributed by atoms with E-state index in [9.17, 15) is 8.42 Å². The fourth-order valence-electron chi connectivity index (χ4n) is 1.95. The van der Waals surface area contributed by atoms with Crippen LogP contribution in [-0.2, 0) is 10.0 Å². The predicted molar refractivity (Wildman–Crippen MR) is 95.2 cm³/mol. The molecule has 0 spiro atoms. The van der Waals surface area contributed by atoms with Crippen LogP contribution in [-0.4, -0.2) is 20.1 Å². The number of hydrogen-bond donors (Lipinski definition) is 2. The van der Waals surface area contributed by atoms with Crippen molar-refractivity contribution in [2.75, 3.05) is 10.6 Å². The van der Waals surface area contributed by atoms with Crippen LogP contribution >= 0.6 is 11.6 Å². The lowest BCUT2D eigenvalue weighted by atomic mass is 10.1. The van der Waals surface area contributed by atoms with Crippen LogP contribution in [0.15, 0.2) is 52.4 Å². The Kier molecular flexibility index (Phi) is 5.28. The van der Waals surface area contributed by atoms with Crippen LogP contribution in [0, 0.1) is 13.8 Å². The van der Waals surface area contributed by atoms with Gasteiger partial charge in [0.05, 0.1) is 22.2 Å². The minimum atomic E-state index is -3.66. The second kappa shape index (κ2) is 7.02. The second-order valence-corrected chi connectivity index (χ2v) is 7.10. The Morgan fingerprint density at radius 1 is 1.17 bits per heavy atom. The van der Waals surface area contributed by atoms with Gasteiger partial charge in [0.15, 0.2) is 0 Å². The topological polar surface area (TPSA) is 84.5 Å². The number of nitrogens with zero attached hydrogens (tertiary/aromatic N) is 1. The first-order valence-electron chi connectivity index (χ1n) is 6.91. The van der Waals surface area contributed by atoms with Crippen molar-refractivity contribution in [1.29, 1.82) is 0 Å². The summed E-state index contributed by atoms with van der Waals surface area (Å²) in [4.78, 5) is 4.21. The van der Waals surface area contributed by atoms with Gasteiger partial charge in [0.1, 0.15) is 5.84 Å². The molecule has 0 aliphatic heterocycles. The molecule has 0 atom stereocenters. The average Bonchev–Trinajstić information content (AvgIpc) is 2.51. The number of benzene rings is 2. The molecule has 2 aromatic carbocycles. The van der Waals surface area contributed by atoms with E-state index in [1.807, 2.05) is 26.0 Å². The third kappa shape index (κ3) is 4.46. The molecule has 5 nitrogen and oxygen atoms in total. The summed E-state index contributed by atoms with van der Waals surface area (Å²) in [5.74, 6) is 0.393. The lowest BCUT2D eigenvalue weighted by Gasteiger charge is -2.11. The van der Waals surface area contributed by atoms with Gasteiger partial charge >= 0.3 is 0 Å². The minimum absolute atomic E-state index is 0.119. The fourth-order valence-corrected chi connectivity index (χ4v) is 3.13. The van der Waals surface area contributed by atoms with E-state index in [0.717, 1.165) is 11.1 Å². The number of nitrogens with one attached hydrogen (secondary N) is 1. The molecule has 3 N–H and O–H groups in total. The molecule has 0 aliphatic carbocycles. The maximum Gasteiger partial charge on any atom is 0.261 e. The summed E-state index contributed by atoms with van der Waals surface area (Å²) in [7, 11) is -3.66. The van der Waals surface area contributed by atoms with Crippen molar-refractivity contribution in [2.24, 2.45) is 10.7 Å². The van der Waals surface area contributed by atoms with Crippen LogP contribution in [0.5, 0.6) is 0 Å². The number of amidine groups is 1. The number of aryl methyl sites for hydroxylation is 2. The molecule has 0 heterocycles. The van der Waals surface area contributed by atoms with Crippen LogP contribution < -0.4 is 10.5 Å². The highest BCUT2D eigenvalue weighted by Crippen LogP contribution is 2.22. The molecule has 2 aromatic rings. The Morgan fingerprint density at radius 2 is 1.83 bits per heavy atom. The number of alkyl halides is 1. The molecule has 0 aliphatic rings. The summed E-state index contributed by atoms with van der Waals surface area (Å²) in [5.41, 5.74) is 8.50. The summed E-state index contributed by atoms with van der Waals surface area (Å²) < 4.78 is 27.5. The van der Waals surface area contributed by atoms with E-state index in [2.05, 4.69) is 9.71 Å².